The van der Waals surface area contributed by atoms with Gasteiger partial charge in [0.2, 0.25) is 5.91 Å². The summed E-state index contributed by atoms with van der Waals surface area (Å²) in [5.41, 5.74) is 0.625. The van der Waals surface area contributed by atoms with Crippen molar-refractivity contribution < 1.29 is 9.90 Å². The monoisotopic (exact) mass is 276 g/mol. The standard InChI is InChI=1S/C16H24N2O2/c1-4-5-10-17-16(20)15(12(2)3)18-11-13-8-6-7-9-14(13)19/h6-9,11-12,15,19H,4-5,10H2,1-3H3,(H,17,20)/t15-/m0/s1. The van der Waals surface area contributed by atoms with Crippen LogP contribution in [0.1, 0.15) is 39.2 Å². The minimum atomic E-state index is -0.425. The maximum atomic E-state index is 12.1. The molecule has 0 heterocycles. The van der Waals surface area contributed by atoms with Crippen molar-refractivity contribution in [2.75, 3.05) is 6.54 Å². The van der Waals surface area contributed by atoms with Crippen LogP contribution in [0, 0.1) is 5.92 Å². The summed E-state index contributed by atoms with van der Waals surface area (Å²) < 4.78 is 0. The minimum absolute atomic E-state index is 0.0554. The molecule has 0 aliphatic rings. The highest BCUT2D eigenvalue weighted by molar-refractivity contribution is 5.88. The van der Waals surface area contributed by atoms with Crippen molar-refractivity contribution >= 4 is 12.1 Å². The molecule has 0 saturated heterocycles. The highest BCUT2D eigenvalue weighted by Crippen LogP contribution is 2.14. The molecule has 0 unspecified atom stereocenters. The molecule has 1 rings (SSSR count). The van der Waals surface area contributed by atoms with Gasteiger partial charge in [-0.3, -0.25) is 9.79 Å². The number of rotatable bonds is 7. The number of hydrogen-bond acceptors (Lipinski definition) is 3. The molecule has 20 heavy (non-hydrogen) atoms. The molecular formula is C16H24N2O2. The van der Waals surface area contributed by atoms with Crippen LogP contribution in [0.4, 0.5) is 0 Å². The van der Waals surface area contributed by atoms with E-state index in [2.05, 4.69) is 17.2 Å². The largest absolute Gasteiger partial charge is 0.507 e. The number of nitrogens with one attached hydrogen (secondary N) is 1. The van der Waals surface area contributed by atoms with E-state index < -0.39 is 6.04 Å². The lowest BCUT2D eigenvalue weighted by Crippen LogP contribution is -2.37. The number of phenols is 1. The second kappa shape index (κ2) is 8.35. The summed E-state index contributed by atoms with van der Waals surface area (Å²) in [5.74, 6) is 0.226. The Morgan fingerprint density at radius 3 is 2.70 bits per heavy atom. The first-order valence-electron chi connectivity index (χ1n) is 7.15. The number of aromatic hydroxyl groups is 1. The molecule has 0 radical (unpaired) electrons. The van der Waals surface area contributed by atoms with Gasteiger partial charge in [-0.1, -0.05) is 39.3 Å². The Bertz CT molecular complexity index is 456. The van der Waals surface area contributed by atoms with E-state index in [-0.39, 0.29) is 17.6 Å². The fourth-order valence-electron chi connectivity index (χ4n) is 1.79. The molecule has 0 aliphatic heterocycles. The molecule has 0 bridgehead atoms. The Hall–Kier alpha value is -1.84. The van der Waals surface area contributed by atoms with Gasteiger partial charge in [0.25, 0.3) is 0 Å². The summed E-state index contributed by atoms with van der Waals surface area (Å²) in [6, 6.07) is 6.53. The molecule has 1 atom stereocenters. The smallest absolute Gasteiger partial charge is 0.245 e. The van der Waals surface area contributed by atoms with Gasteiger partial charge in [-0.05, 0) is 24.5 Å². The molecule has 0 aromatic heterocycles. The number of carbonyl (C=O) groups is 1. The van der Waals surface area contributed by atoms with Crippen molar-refractivity contribution in [3.63, 3.8) is 0 Å². The summed E-state index contributed by atoms with van der Waals surface area (Å²) >= 11 is 0. The molecule has 110 valence electrons. The van der Waals surface area contributed by atoms with Gasteiger partial charge in [0.1, 0.15) is 11.8 Å². The van der Waals surface area contributed by atoms with E-state index in [1.807, 2.05) is 19.9 Å². The van der Waals surface area contributed by atoms with Crippen LogP contribution in [0.5, 0.6) is 5.75 Å². The maximum absolute atomic E-state index is 12.1. The number of para-hydroxylation sites is 1. The van der Waals surface area contributed by atoms with E-state index >= 15 is 0 Å². The second-order valence-corrected chi connectivity index (χ2v) is 5.17. The third-order valence-electron chi connectivity index (χ3n) is 3.04. The molecule has 2 N–H and O–H groups in total. The summed E-state index contributed by atoms with van der Waals surface area (Å²) in [6.07, 6.45) is 3.59. The zero-order valence-electron chi connectivity index (χ0n) is 12.5. The predicted octanol–water partition coefficient (Wildman–Crippen LogP) is 2.75. The van der Waals surface area contributed by atoms with Crippen LogP contribution < -0.4 is 5.32 Å². The van der Waals surface area contributed by atoms with Crippen LogP contribution in [0.25, 0.3) is 0 Å². The van der Waals surface area contributed by atoms with Gasteiger partial charge in [-0.15, -0.1) is 0 Å². The first-order chi connectivity index (χ1) is 9.56. The van der Waals surface area contributed by atoms with Crippen molar-refractivity contribution in [1.29, 1.82) is 0 Å². The number of phenolic OH excluding ortho intramolecular Hbond substituents is 1. The highest BCUT2D eigenvalue weighted by atomic mass is 16.3. The number of aliphatic imine (C=N–C) groups is 1. The zero-order chi connectivity index (χ0) is 15.0. The predicted molar refractivity (Wildman–Crippen MR) is 82.2 cm³/mol. The van der Waals surface area contributed by atoms with Crippen LogP contribution in [-0.4, -0.2) is 29.8 Å². The average Bonchev–Trinajstić information content (AvgIpc) is 2.41. The maximum Gasteiger partial charge on any atom is 0.245 e. The van der Waals surface area contributed by atoms with Crippen LogP contribution in [0.15, 0.2) is 29.3 Å². The SMILES string of the molecule is CCCCNC(=O)[C@@H](N=Cc1ccccc1O)C(C)C. The van der Waals surface area contributed by atoms with E-state index in [4.69, 9.17) is 0 Å². The Balaban J connectivity index is 2.72. The molecule has 0 saturated carbocycles. The van der Waals surface area contributed by atoms with Crippen LogP contribution in [0.2, 0.25) is 0 Å². The third kappa shape index (κ3) is 5.03. The second-order valence-electron chi connectivity index (χ2n) is 5.17. The lowest BCUT2D eigenvalue weighted by Gasteiger charge is -2.16. The topological polar surface area (TPSA) is 61.7 Å². The van der Waals surface area contributed by atoms with E-state index in [0.29, 0.717) is 12.1 Å². The summed E-state index contributed by atoms with van der Waals surface area (Å²) in [6.45, 7) is 6.70. The Kier molecular flexibility index (Phi) is 6.77. The lowest BCUT2D eigenvalue weighted by atomic mass is 10.0. The summed E-state index contributed by atoms with van der Waals surface area (Å²) in [4.78, 5) is 16.4. The van der Waals surface area contributed by atoms with Crippen LogP contribution >= 0.6 is 0 Å². The number of nitrogens with zero attached hydrogens (tertiary/aromatic N) is 1. The fraction of sp³-hybridized carbons (Fsp3) is 0.500. The van der Waals surface area contributed by atoms with E-state index in [1.165, 1.54) is 0 Å². The van der Waals surface area contributed by atoms with Gasteiger partial charge in [0.15, 0.2) is 0 Å². The zero-order valence-corrected chi connectivity index (χ0v) is 12.5. The van der Waals surface area contributed by atoms with E-state index in [9.17, 15) is 9.90 Å². The van der Waals surface area contributed by atoms with Gasteiger partial charge in [0.05, 0.1) is 0 Å². The van der Waals surface area contributed by atoms with Crippen molar-refractivity contribution in [1.82, 2.24) is 5.32 Å². The van der Waals surface area contributed by atoms with Crippen molar-refractivity contribution in [2.45, 2.75) is 39.7 Å². The Labute approximate surface area is 120 Å². The first kappa shape index (κ1) is 16.2. The Morgan fingerprint density at radius 1 is 1.40 bits per heavy atom. The molecule has 0 spiro atoms. The van der Waals surface area contributed by atoms with Gasteiger partial charge in [0, 0.05) is 18.3 Å². The van der Waals surface area contributed by atoms with Crippen molar-refractivity contribution in [2.24, 2.45) is 10.9 Å². The number of amides is 1. The minimum Gasteiger partial charge on any atom is -0.507 e. The normalized spacial score (nSPS) is 12.8. The quantitative estimate of drug-likeness (QED) is 0.594. The van der Waals surface area contributed by atoms with Crippen molar-refractivity contribution in [3.8, 4) is 5.75 Å². The molecule has 1 amide bonds. The number of benzene rings is 1. The van der Waals surface area contributed by atoms with Crippen LogP contribution in [0.3, 0.4) is 0 Å². The van der Waals surface area contributed by atoms with E-state index in [1.54, 1.807) is 24.4 Å². The van der Waals surface area contributed by atoms with Gasteiger partial charge >= 0.3 is 0 Å². The Morgan fingerprint density at radius 2 is 2.10 bits per heavy atom. The van der Waals surface area contributed by atoms with Crippen LogP contribution in [-0.2, 0) is 4.79 Å². The molecule has 0 aliphatic carbocycles. The number of unbranched alkanes of at least 4 members (excludes halogenated alkanes) is 1. The van der Waals surface area contributed by atoms with Gasteiger partial charge in [-0.2, -0.15) is 0 Å². The summed E-state index contributed by atoms with van der Waals surface area (Å²) in [5, 5.41) is 12.6. The fourth-order valence-corrected chi connectivity index (χ4v) is 1.79. The highest BCUT2D eigenvalue weighted by Gasteiger charge is 2.20. The average molecular weight is 276 g/mol. The number of hydrogen-bond donors (Lipinski definition) is 2. The molecular weight excluding hydrogens is 252 g/mol. The van der Waals surface area contributed by atoms with Gasteiger partial charge in [-0.25, -0.2) is 0 Å². The van der Waals surface area contributed by atoms with E-state index in [0.717, 1.165) is 12.8 Å². The summed E-state index contributed by atoms with van der Waals surface area (Å²) in [7, 11) is 0. The first-order valence-corrected chi connectivity index (χ1v) is 7.15. The molecule has 1 aromatic rings. The molecule has 4 heteroatoms. The van der Waals surface area contributed by atoms with Gasteiger partial charge < -0.3 is 10.4 Å². The third-order valence-corrected chi connectivity index (χ3v) is 3.04. The van der Waals surface area contributed by atoms with Crippen molar-refractivity contribution in [3.05, 3.63) is 29.8 Å². The lowest BCUT2D eigenvalue weighted by molar-refractivity contribution is -0.123. The molecule has 0 fully saturated rings. The molecule has 4 nitrogen and oxygen atoms in total. The number of carbonyl (C=O) groups excluding carboxylic acids is 1. The molecule has 1 aromatic carbocycles.